The first kappa shape index (κ1) is 31.1. The summed E-state index contributed by atoms with van der Waals surface area (Å²) in [5, 5.41) is 10.7. The van der Waals surface area contributed by atoms with Crippen molar-refractivity contribution in [3.05, 3.63) is 36.0 Å². The van der Waals surface area contributed by atoms with E-state index in [-0.39, 0.29) is 47.3 Å². The van der Waals surface area contributed by atoms with Gasteiger partial charge in [0.1, 0.15) is 29.7 Å². The van der Waals surface area contributed by atoms with Gasteiger partial charge in [-0.3, -0.25) is 9.59 Å². The van der Waals surface area contributed by atoms with E-state index in [1.165, 1.54) is 6.08 Å². The predicted octanol–water partition coefficient (Wildman–Crippen LogP) is 4.47. The maximum atomic E-state index is 12.6. The number of aliphatic hydroxyl groups excluding tert-OH is 1. The Morgan fingerprint density at radius 1 is 1.14 bits per heavy atom. The van der Waals surface area contributed by atoms with E-state index in [0.717, 1.165) is 44.1 Å². The second-order valence-corrected chi connectivity index (χ2v) is 13.2. The van der Waals surface area contributed by atoms with Gasteiger partial charge in [-0.25, -0.2) is 4.79 Å². The minimum absolute atomic E-state index is 0.00559. The molecule has 5 rings (SSSR count). The SMILES string of the molecule is CC(=O)[C@@H]1CCN(C(=O)O[C@@H](C)/C=C\C(=O)C[C@@H]2CC[C@H](C/C=C(C)/C=C/C3OC4(CC4)C[C@@]4(CO4)[C@@H]3O)O[C@@H]2C)C1. The van der Waals surface area contributed by atoms with Gasteiger partial charge in [0.15, 0.2) is 5.78 Å². The number of ether oxygens (including phenoxy) is 4. The Kier molecular flexibility index (Phi) is 9.42. The van der Waals surface area contributed by atoms with Crippen molar-refractivity contribution < 1.29 is 38.4 Å². The topological polar surface area (TPSA) is 115 Å². The molecule has 9 heteroatoms. The lowest BCUT2D eigenvalue weighted by Crippen LogP contribution is -2.50. The molecule has 1 unspecified atom stereocenters. The summed E-state index contributed by atoms with van der Waals surface area (Å²) in [5.41, 5.74) is 0.605. The fourth-order valence-corrected chi connectivity index (χ4v) is 6.58. The second kappa shape index (κ2) is 12.7. The van der Waals surface area contributed by atoms with Crippen molar-refractivity contribution in [3.8, 4) is 0 Å². The molecular weight excluding hydrogens is 538 g/mol. The highest BCUT2D eigenvalue weighted by atomic mass is 16.6. The van der Waals surface area contributed by atoms with Crippen LogP contribution in [0.1, 0.15) is 79.1 Å². The third-order valence-electron chi connectivity index (χ3n) is 9.69. The van der Waals surface area contributed by atoms with Crippen LogP contribution >= 0.6 is 0 Å². The normalized spacial score (nSPS) is 36.6. The number of rotatable bonds is 10. The number of aliphatic hydroxyl groups is 1. The standard InChI is InChI=1S/C33H47NO8/c1-21(6-12-29-30(37)33(20-39-33)19-32(42-29)14-15-32)5-10-28-11-8-25(24(4)41-28)17-27(36)9-7-22(2)40-31(38)34-16-13-26(18-34)23(3)35/h5-7,9,12,22,24-26,28-30,37H,8,10-11,13-20H2,1-4H3/b9-7-,12-6+,21-5+/t22-,24+,25-,26+,28-,29?,30+,33+/m0/s1. The van der Waals surface area contributed by atoms with Crippen LogP contribution in [0.5, 0.6) is 0 Å². The van der Waals surface area contributed by atoms with Crippen LogP contribution in [0.15, 0.2) is 36.0 Å². The highest BCUT2D eigenvalue weighted by molar-refractivity contribution is 5.90. The molecule has 4 heterocycles. The van der Waals surface area contributed by atoms with Gasteiger partial charge in [0.25, 0.3) is 0 Å². The van der Waals surface area contributed by atoms with Crippen LogP contribution in [0.25, 0.3) is 0 Å². The highest BCUT2D eigenvalue weighted by Crippen LogP contribution is 2.56. The van der Waals surface area contributed by atoms with Gasteiger partial charge in [-0.1, -0.05) is 23.8 Å². The van der Waals surface area contributed by atoms with Crippen LogP contribution in [0.3, 0.4) is 0 Å². The number of hydrogen-bond acceptors (Lipinski definition) is 8. The van der Waals surface area contributed by atoms with Crippen molar-refractivity contribution in [1.82, 2.24) is 4.90 Å². The number of ketones is 2. The smallest absolute Gasteiger partial charge is 0.410 e. The first-order valence-electron chi connectivity index (χ1n) is 15.6. The molecule has 0 aromatic carbocycles. The van der Waals surface area contributed by atoms with Crippen molar-refractivity contribution in [2.45, 2.75) is 121 Å². The number of carbonyl (C=O) groups excluding carboxylic acids is 3. The van der Waals surface area contributed by atoms with Gasteiger partial charge in [-0.2, -0.15) is 0 Å². The van der Waals surface area contributed by atoms with Gasteiger partial charge in [0.2, 0.25) is 0 Å². The second-order valence-electron chi connectivity index (χ2n) is 13.2. The van der Waals surface area contributed by atoms with E-state index in [1.807, 2.05) is 26.0 Å². The number of Topliss-reactive ketones (excluding diaryl/α,β-unsaturated/α-hetero) is 1. The fourth-order valence-electron chi connectivity index (χ4n) is 6.58. The van der Waals surface area contributed by atoms with Gasteiger partial charge in [0, 0.05) is 31.8 Å². The largest absolute Gasteiger partial charge is 0.442 e. The quantitative estimate of drug-likeness (QED) is 0.227. The summed E-state index contributed by atoms with van der Waals surface area (Å²) in [6.07, 6.45) is 14.0. The minimum atomic E-state index is -0.625. The highest BCUT2D eigenvalue weighted by Gasteiger charge is 2.66. The maximum Gasteiger partial charge on any atom is 0.410 e. The molecule has 0 radical (unpaired) electrons. The van der Waals surface area contributed by atoms with Crippen molar-refractivity contribution in [1.29, 1.82) is 0 Å². The average molecular weight is 586 g/mol. The van der Waals surface area contributed by atoms with Gasteiger partial charge in [-0.05, 0) is 84.3 Å². The maximum absolute atomic E-state index is 12.6. The molecule has 232 valence electrons. The zero-order chi connectivity index (χ0) is 30.1. The molecule has 2 spiro atoms. The summed E-state index contributed by atoms with van der Waals surface area (Å²) in [6.45, 7) is 8.89. The van der Waals surface area contributed by atoms with Gasteiger partial charge >= 0.3 is 6.09 Å². The van der Waals surface area contributed by atoms with E-state index in [4.69, 9.17) is 18.9 Å². The molecule has 1 amide bonds. The Balaban J connectivity index is 1.01. The molecule has 1 saturated carbocycles. The molecule has 9 nitrogen and oxygen atoms in total. The Labute approximate surface area is 249 Å². The molecule has 1 N–H and O–H groups in total. The number of amides is 1. The number of hydrogen-bond donors (Lipinski definition) is 1. The van der Waals surface area contributed by atoms with E-state index < -0.39 is 23.9 Å². The van der Waals surface area contributed by atoms with E-state index in [0.29, 0.717) is 32.5 Å². The summed E-state index contributed by atoms with van der Waals surface area (Å²) in [6, 6.07) is 0. The number of epoxide rings is 1. The lowest BCUT2D eigenvalue weighted by atomic mass is 9.87. The Morgan fingerprint density at radius 3 is 2.55 bits per heavy atom. The first-order valence-corrected chi connectivity index (χ1v) is 15.6. The van der Waals surface area contributed by atoms with Crippen molar-refractivity contribution >= 4 is 17.7 Å². The molecule has 4 saturated heterocycles. The molecule has 4 aliphatic heterocycles. The van der Waals surface area contributed by atoms with Crippen LogP contribution in [-0.4, -0.2) is 89.1 Å². The minimum Gasteiger partial charge on any atom is -0.442 e. The number of allylic oxidation sites excluding steroid dienone is 3. The van der Waals surface area contributed by atoms with Gasteiger partial charge in [0.05, 0.1) is 24.4 Å². The van der Waals surface area contributed by atoms with Crippen LogP contribution in [0.4, 0.5) is 4.79 Å². The number of likely N-dealkylation sites (tertiary alicyclic amines) is 1. The third-order valence-corrected chi connectivity index (χ3v) is 9.69. The molecule has 1 aliphatic carbocycles. The summed E-state index contributed by atoms with van der Waals surface area (Å²) < 4.78 is 23.6. The van der Waals surface area contributed by atoms with E-state index in [9.17, 15) is 19.5 Å². The number of carbonyl (C=O) groups is 3. The predicted molar refractivity (Wildman–Crippen MR) is 156 cm³/mol. The Morgan fingerprint density at radius 2 is 1.90 bits per heavy atom. The average Bonchev–Trinajstić information content (AvgIpc) is 3.84. The van der Waals surface area contributed by atoms with E-state index in [2.05, 4.69) is 6.08 Å². The Bertz CT molecular complexity index is 1120. The van der Waals surface area contributed by atoms with Crippen molar-refractivity contribution in [2.75, 3.05) is 19.7 Å². The summed E-state index contributed by atoms with van der Waals surface area (Å²) >= 11 is 0. The van der Waals surface area contributed by atoms with Crippen LogP contribution in [0, 0.1) is 11.8 Å². The third kappa shape index (κ3) is 7.59. The Hall–Kier alpha value is -2.33. The molecular formula is C33H47NO8. The van der Waals surface area contributed by atoms with Crippen LogP contribution in [0.2, 0.25) is 0 Å². The summed E-state index contributed by atoms with van der Waals surface area (Å²) in [7, 11) is 0. The van der Waals surface area contributed by atoms with Gasteiger partial charge < -0.3 is 29.0 Å². The molecule has 0 bridgehead atoms. The van der Waals surface area contributed by atoms with Crippen LogP contribution < -0.4 is 0 Å². The zero-order valence-electron chi connectivity index (χ0n) is 25.5. The molecule has 5 aliphatic rings. The van der Waals surface area contributed by atoms with Crippen LogP contribution in [-0.2, 0) is 28.5 Å². The molecule has 0 aromatic rings. The van der Waals surface area contributed by atoms with Crippen molar-refractivity contribution in [3.63, 3.8) is 0 Å². The van der Waals surface area contributed by atoms with E-state index in [1.54, 1.807) is 24.8 Å². The first-order chi connectivity index (χ1) is 20.0. The zero-order valence-corrected chi connectivity index (χ0v) is 25.5. The van der Waals surface area contributed by atoms with Crippen molar-refractivity contribution in [2.24, 2.45) is 11.8 Å². The van der Waals surface area contributed by atoms with Gasteiger partial charge in [-0.15, -0.1) is 0 Å². The molecule has 0 aromatic heterocycles. The lowest BCUT2D eigenvalue weighted by molar-refractivity contribution is -0.144. The monoisotopic (exact) mass is 585 g/mol. The number of nitrogens with zero attached hydrogens (tertiary/aromatic N) is 1. The fraction of sp³-hybridized carbons (Fsp3) is 0.727. The molecule has 8 atom stereocenters. The summed E-state index contributed by atoms with van der Waals surface area (Å²) in [4.78, 5) is 38.1. The molecule has 5 fully saturated rings. The van der Waals surface area contributed by atoms with E-state index >= 15 is 0 Å². The molecule has 42 heavy (non-hydrogen) atoms. The lowest BCUT2D eigenvalue weighted by Gasteiger charge is -2.37. The summed E-state index contributed by atoms with van der Waals surface area (Å²) in [5.74, 6) is 0.119.